The maximum atomic E-state index is 13.7. The fourth-order valence-electron chi connectivity index (χ4n) is 3.83. The number of aryl methyl sites for hydroxylation is 1. The first-order valence-electron chi connectivity index (χ1n) is 11.3. The number of hydrogen-bond acceptors (Lipinski definition) is 4. The number of nitrogens with one attached hydrogen (secondary N) is 3. The Bertz CT molecular complexity index is 1180. The molecule has 0 saturated carbocycles. The van der Waals surface area contributed by atoms with Crippen LogP contribution in [0.25, 0.3) is 0 Å². The molecule has 8 heteroatoms. The number of aromatic hydroxyl groups is 1. The highest BCUT2D eigenvalue weighted by Crippen LogP contribution is 2.22. The van der Waals surface area contributed by atoms with Gasteiger partial charge in [0.15, 0.2) is 0 Å². The first-order valence-corrected chi connectivity index (χ1v) is 11.3. The predicted molar refractivity (Wildman–Crippen MR) is 131 cm³/mol. The third-order valence-electron chi connectivity index (χ3n) is 5.38. The molecule has 0 aliphatic heterocycles. The van der Waals surface area contributed by atoms with Crippen molar-refractivity contribution in [2.75, 3.05) is 11.9 Å². The molecule has 0 saturated heterocycles. The molecule has 1 atom stereocenters. The highest BCUT2D eigenvalue weighted by molar-refractivity contribution is 5.99. The summed E-state index contributed by atoms with van der Waals surface area (Å²) in [6.45, 7) is 4.53. The highest BCUT2D eigenvalue weighted by Gasteiger charge is 2.18. The van der Waals surface area contributed by atoms with Crippen LogP contribution in [0.2, 0.25) is 0 Å². The number of carbonyl (C=O) groups excluding carboxylic acids is 2. The molecule has 0 fully saturated rings. The molecule has 0 spiro atoms. The largest absolute Gasteiger partial charge is 0.507 e. The molecule has 2 amide bonds. The molecule has 3 aromatic rings. The normalized spacial score (nSPS) is 11.7. The van der Waals surface area contributed by atoms with Crippen LogP contribution in [0.5, 0.6) is 5.75 Å². The van der Waals surface area contributed by atoms with Gasteiger partial charge in [0.2, 0.25) is 5.91 Å². The van der Waals surface area contributed by atoms with Crippen LogP contribution < -0.4 is 16.0 Å². The van der Waals surface area contributed by atoms with Gasteiger partial charge in [-0.2, -0.15) is 0 Å². The highest BCUT2D eigenvalue weighted by atomic mass is 19.1. The number of phenols is 1. The van der Waals surface area contributed by atoms with E-state index in [1.165, 1.54) is 37.3 Å². The Labute approximate surface area is 203 Å². The molecule has 6 nitrogen and oxygen atoms in total. The van der Waals surface area contributed by atoms with Crippen molar-refractivity contribution in [3.05, 3.63) is 94.6 Å². The Balaban J connectivity index is 1.71. The van der Waals surface area contributed by atoms with E-state index >= 15 is 0 Å². The lowest BCUT2D eigenvalue weighted by molar-refractivity contribution is -0.114. The number of carbonyl (C=O) groups is 2. The van der Waals surface area contributed by atoms with E-state index in [1.807, 2.05) is 25.1 Å². The smallest absolute Gasteiger partial charge is 0.255 e. The van der Waals surface area contributed by atoms with Crippen molar-refractivity contribution < 1.29 is 23.5 Å². The molecular weight excluding hydrogens is 452 g/mol. The summed E-state index contributed by atoms with van der Waals surface area (Å²) in [6, 6.07) is 15.1. The lowest BCUT2D eigenvalue weighted by atomic mass is 10.0. The summed E-state index contributed by atoms with van der Waals surface area (Å²) < 4.78 is 27.5. The molecule has 0 aliphatic rings. The molecule has 0 heterocycles. The monoisotopic (exact) mass is 481 g/mol. The van der Waals surface area contributed by atoms with Crippen LogP contribution in [-0.2, 0) is 17.8 Å². The summed E-state index contributed by atoms with van der Waals surface area (Å²) in [5.74, 6) is -2.50. The molecule has 3 aromatic carbocycles. The van der Waals surface area contributed by atoms with Crippen LogP contribution in [0.15, 0.2) is 60.7 Å². The standard InChI is InChI=1S/C27H29F2N3O3/c1-17-4-3-5-19(10-17)16-30-9-8-24(13-20-11-21(28)14-22(29)12-20)32-27(35)25-15-23(31-18(2)33)6-7-26(25)34/h3-7,10-12,14-15,24,30,34H,8-9,13,16H2,1-2H3,(H,31,33)(H,32,35)/t24-/m1/s1. The average molecular weight is 482 g/mol. The Hall–Kier alpha value is -3.78. The Kier molecular flexibility index (Phi) is 8.92. The second kappa shape index (κ2) is 12.1. The number of hydrogen-bond donors (Lipinski definition) is 4. The molecule has 0 aromatic heterocycles. The summed E-state index contributed by atoms with van der Waals surface area (Å²) in [5.41, 5.74) is 3.03. The van der Waals surface area contributed by atoms with Gasteiger partial charge in [0, 0.05) is 31.3 Å². The number of phenolic OH excluding ortho intramolecular Hbond substituents is 1. The molecule has 0 aliphatic carbocycles. The van der Waals surface area contributed by atoms with Crippen molar-refractivity contribution in [3.8, 4) is 5.75 Å². The number of benzene rings is 3. The molecule has 0 radical (unpaired) electrons. The van der Waals surface area contributed by atoms with E-state index in [-0.39, 0.29) is 23.6 Å². The van der Waals surface area contributed by atoms with Crippen LogP contribution >= 0.6 is 0 Å². The van der Waals surface area contributed by atoms with Crippen LogP contribution in [0, 0.1) is 18.6 Å². The van der Waals surface area contributed by atoms with Crippen molar-refractivity contribution in [1.29, 1.82) is 0 Å². The van der Waals surface area contributed by atoms with Gasteiger partial charge in [0.25, 0.3) is 5.91 Å². The first-order chi connectivity index (χ1) is 16.7. The minimum atomic E-state index is -0.691. The summed E-state index contributed by atoms with van der Waals surface area (Å²) in [7, 11) is 0. The molecule has 3 rings (SSSR count). The Morgan fingerprint density at radius 1 is 0.971 bits per heavy atom. The van der Waals surface area contributed by atoms with Gasteiger partial charge < -0.3 is 21.1 Å². The summed E-state index contributed by atoms with van der Waals surface area (Å²) in [5, 5.41) is 18.9. The van der Waals surface area contributed by atoms with Crippen molar-refractivity contribution in [3.63, 3.8) is 0 Å². The van der Waals surface area contributed by atoms with Crippen molar-refractivity contribution in [2.45, 2.75) is 39.3 Å². The fourth-order valence-corrected chi connectivity index (χ4v) is 3.83. The molecule has 184 valence electrons. The second-order valence-corrected chi connectivity index (χ2v) is 8.52. The minimum Gasteiger partial charge on any atom is -0.507 e. The van der Waals surface area contributed by atoms with Crippen molar-refractivity contribution >= 4 is 17.5 Å². The van der Waals surface area contributed by atoms with Gasteiger partial charge in [-0.1, -0.05) is 29.8 Å². The molecule has 35 heavy (non-hydrogen) atoms. The third-order valence-corrected chi connectivity index (χ3v) is 5.38. The van der Waals surface area contributed by atoms with Crippen molar-refractivity contribution in [1.82, 2.24) is 10.6 Å². The average Bonchev–Trinajstić information content (AvgIpc) is 2.77. The lowest BCUT2D eigenvalue weighted by Crippen LogP contribution is -2.38. The number of amides is 2. The van der Waals surface area contributed by atoms with Gasteiger partial charge in [-0.3, -0.25) is 9.59 Å². The van der Waals surface area contributed by atoms with Crippen molar-refractivity contribution in [2.24, 2.45) is 0 Å². The van der Waals surface area contributed by atoms with E-state index in [2.05, 4.69) is 22.0 Å². The summed E-state index contributed by atoms with van der Waals surface area (Å²) in [4.78, 5) is 24.3. The quantitative estimate of drug-likeness (QED) is 0.254. The van der Waals surface area contributed by atoms with Gasteiger partial charge in [0.1, 0.15) is 17.4 Å². The van der Waals surface area contributed by atoms with Crippen LogP contribution in [0.3, 0.4) is 0 Å². The van der Waals surface area contributed by atoms with E-state index in [0.717, 1.165) is 17.2 Å². The van der Waals surface area contributed by atoms with Crippen LogP contribution in [0.1, 0.15) is 40.4 Å². The first kappa shape index (κ1) is 25.8. The van der Waals surface area contributed by atoms with E-state index < -0.39 is 23.6 Å². The Morgan fingerprint density at radius 3 is 2.40 bits per heavy atom. The van der Waals surface area contributed by atoms with Gasteiger partial charge in [-0.15, -0.1) is 0 Å². The summed E-state index contributed by atoms with van der Waals surface area (Å²) in [6.07, 6.45) is 0.667. The zero-order valence-electron chi connectivity index (χ0n) is 19.7. The van der Waals surface area contributed by atoms with E-state index in [4.69, 9.17) is 0 Å². The van der Waals surface area contributed by atoms with Crippen LogP contribution in [0.4, 0.5) is 14.5 Å². The fraction of sp³-hybridized carbons (Fsp3) is 0.259. The van der Waals surface area contributed by atoms with E-state index in [1.54, 1.807) is 0 Å². The lowest BCUT2D eigenvalue weighted by Gasteiger charge is -2.20. The molecular formula is C27H29F2N3O3. The third kappa shape index (κ3) is 8.19. The minimum absolute atomic E-state index is 0.0145. The second-order valence-electron chi connectivity index (χ2n) is 8.52. The van der Waals surface area contributed by atoms with Crippen LogP contribution in [-0.4, -0.2) is 29.5 Å². The Morgan fingerprint density at radius 2 is 1.71 bits per heavy atom. The maximum absolute atomic E-state index is 13.7. The molecule has 0 bridgehead atoms. The van der Waals surface area contributed by atoms with Gasteiger partial charge >= 0.3 is 0 Å². The zero-order chi connectivity index (χ0) is 25.4. The zero-order valence-corrected chi connectivity index (χ0v) is 19.7. The number of halogens is 2. The predicted octanol–water partition coefficient (Wildman–Crippen LogP) is 4.46. The van der Waals surface area contributed by atoms with Gasteiger partial charge in [-0.05, 0) is 67.8 Å². The van der Waals surface area contributed by atoms with Gasteiger partial charge in [0.05, 0.1) is 5.56 Å². The maximum Gasteiger partial charge on any atom is 0.255 e. The topological polar surface area (TPSA) is 90.5 Å². The molecule has 4 N–H and O–H groups in total. The molecule has 0 unspecified atom stereocenters. The number of rotatable bonds is 10. The SMILES string of the molecule is CC(=O)Nc1ccc(O)c(C(=O)N[C@H](CCNCc2cccc(C)c2)Cc2cc(F)cc(F)c2)c1. The van der Waals surface area contributed by atoms with Gasteiger partial charge in [-0.25, -0.2) is 8.78 Å². The van der Waals surface area contributed by atoms with E-state index in [0.29, 0.717) is 30.8 Å². The number of anilines is 1. The summed E-state index contributed by atoms with van der Waals surface area (Å²) >= 11 is 0. The van der Waals surface area contributed by atoms with E-state index in [9.17, 15) is 23.5 Å².